The highest BCUT2D eigenvalue weighted by atomic mass is 16.7. The van der Waals surface area contributed by atoms with Crippen molar-refractivity contribution in [1.82, 2.24) is 4.90 Å². The minimum absolute atomic E-state index is 0.00862. The largest absolute Gasteiger partial charge is 0.462 e. The van der Waals surface area contributed by atoms with E-state index in [4.69, 9.17) is 30.4 Å². The number of carbonyl (C=O) groups is 3. The van der Waals surface area contributed by atoms with Gasteiger partial charge >= 0.3 is 5.97 Å². The molecular weight excluding hydrogens is 903 g/mol. The molecule has 69 heavy (non-hydrogen) atoms. The van der Waals surface area contributed by atoms with Crippen molar-refractivity contribution in [2.45, 2.75) is 163 Å². The lowest BCUT2D eigenvalue weighted by molar-refractivity contribution is -0.305. The number of cyclic esters (lactones) is 1. The Kier molecular flexibility index (Phi) is 23.5. The van der Waals surface area contributed by atoms with Gasteiger partial charge in [-0.1, -0.05) is 92.0 Å². The zero-order valence-corrected chi connectivity index (χ0v) is 39.3. The van der Waals surface area contributed by atoms with Crippen LogP contribution >= 0.6 is 0 Å². The Hall–Kier alpha value is -3.97. The zero-order valence-electron chi connectivity index (χ0n) is 39.3. The van der Waals surface area contributed by atoms with E-state index < -0.39 is 147 Å². The lowest BCUT2D eigenvalue weighted by Gasteiger charge is -2.48. The topological polar surface area (TPSA) is 346 Å². The number of nitrogens with two attached hydrogens (primary N) is 2. The second-order valence-corrected chi connectivity index (χ2v) is 18.7. The van der Waals surface area contributed by atoms with Gasteiger partial charge in [0.1, 0.15) is 12.2 Å². The fraction of sp³-hybridized carbons (Fsp3) is 0.653. The van der Waals surface area contributed by atoms with Gasteiger partial charge in [-0.25, -0.2) is 0 Å². The van der Waals surface area contributed by atoms with E-state index in [0.717, 1.165) is 0 Å². The zero-order chi connectivity index (χ0) is 50.8. The summed E-state index contributed by atoms with van der Waals surface area (Å²) >= 11 is 0. The molecule has 0 aromatic heterocycles. The molecular formula is C49H75N3O17. The normalized spacial score (nSPS) is 42.6. The molecule has 6 unspecified atom stereocenters. The first-order chi connectivity index (χ1) is 32.7. The third kappa shape index (κ3) is 18.9. The number of amides is 2. The van der Waals surface area contributed by atoms with Gasteiger partial charge in [0.15, 0.2) is 12.1 Å². The van der Waals surface area contributed by atoms with Crippen molar-refractivity contribution in [1.29, 1.82) is 0 Å². The van der Waals surface area contributed by atoms with Crippen molar-refractivity contribution in [2.24, 2.45) is 29.2 Å². The van der Waals surface area contributed by atoms with E-state index >= 15 is 0 Å². The maximum Gasteiger partial charge on any atom is 0.308 e. The molecule has 0 aromatic rings. The third-order valence-corrected chi connectivity index (χ3v) is 12.6. The number of esters is 1. The van der Waals surface area contributed by atoms with Crippen LogP contribution < -0.4 is 11.5 Å². The number of hydrogen-bond acceptors (Lipinski definition) is 18. The first-order valence-electron chi connectivity index (χ1n) is 23.7. The molecule has 4 rings (SSSR count). The Morgan fingerprint density at radius 3 is 1.90 bits per heavy atom. The van der Waals surface area contributed by atoms with Gasteiger partial charge in [-0.05, 0) is 26.2 Å². The van der Waals surface area contributed by atoms with E-state index in [-0.39, 0.29) is 57.7 Å². The van der Waals surface area contributed by atoms with Crippen LogP contribution in [0.1, 0.15) is 71.6 Å². The van der Waals surface area contributed by atoms with E-state index in [1.807, 2.05) is 25.2 Å². The van der Waals surface area contributed by atoms with E-state index in [1.54, 1.807) is 73.8 Å². The number of allylic oxidation sites excluding steroid dienone is 12. The molecule has 2 amide bonds. The molecule has 0 spiro atoms. The smallest absolute Gasteiger partial charge is 0.308 e. The minimum Gasteiger partial charge on any atom is -0.462 e. The van der Waals surface area contributed by atoms with Crippen LogP contribution in [-0.2, 0) is 33.3 Å². The van der Waals surface area contributed by atoms with Gasteiger partial charge in [-0.2, -0.15) is 0 Å². The average Bonchev–Trinajstić information content (AvgIpc) is 3.23. The van der Waals surface area contributed by atoms with Gasteiger partial charge in [0.2, 0.25) is 11.8 Å². The van der Waals surface area contributed by atoms with Crippen LogP contribution in [0.15, 0.2) is 85.1 Å². The van der Waals surface area contributed by atoms with Crippen molar-refractivity contribution >= 4 is 17.8 Å². The second-order valence-electron chi connectivity index (χ2n) is 18.7. The highest BCUT2D eigenvalue weighted by Gasteiger charge is 2.52. The maximum atomic E-state index is 14.0. The summed E-state index contributed by atoms with van der Waals surface area (Å²) in [7, 11) is 0. The Morgan fingerprint density at radius 2 is 1.29 bits per heavy atom. The van der Waals surface area contributed by atoms with E-state index in [1.165, 1.54) is 4.90 Å². The van der Waals surface area contributed by atoms with Gasteiger partial charge in [-0.3, -0.25) is 14.4 Å². The molecule has 388 valence electrons. The van der Waals surface area contributed by atoms with Gasteiger partial charge < -0.3 is 86.4 Å². The number of aliphatic hydroxyl groups excluding tert-OH is 9. The quantitative estimate of drug-likeness (QED) is 0.149. The van der Waals surface area contributed by atoms with E-state index in [2.05, 4.69) is 0 Å². The molecule has 14 N–H and O–H groups in total. The third-order valence-electron chi connectivity index (χ3n) is 12.6. The number of fused-ring (bicyclic) bond motifs is 2. The second kappa shape index (κ2) is 28.2. The lowest BCUT2D eigenvalue weighted by Crippen LogP contribution is -2.63. The summed E-state index contributed by atoms with van der Waals surface area (Å²) in [5, 5.41) is 109. The van der Waals surface area contributed by atoms with Crippen LogP contribution in [0.5, 0.6) is 0 Å². The highest BCUT2D eigenvalue weighted by Crippen LogP contribution is 2.39. The van der Waals surface area contributed by atoms with Gasteiger partial charge in [0, 0.05) is 51.1 Å². The van der Waals surface area contributed by atoms with Crippen molar-refractivity contribution in [3.63, 3.8) is 0 Å². The average molecular weight is 978 g/mol. The summed E-state index contributed by atoms with van der Waals surface area (Å²) in [4.78, 5) is 39.6. The molecule has 4 aliphatic rings. The van der Waals surface area contributed by atoms with Crippen molar-refractivity contribution < 1.29 is 84.4 Å². The monoisotopic (exact) mass is 978 g/mol. The van der Waals surface area contributed by atoms with Crippen molar-refractivity contribution in [3.05, 3.63) is 85.1 Å². The van der Waals surface area contributed by atoms with Crippen LogP contribution in [0, 0.1) is 17.8 Å². The number of nitrogens with zero attached hydrogens (tertiary/aromatic N) is 1. The molecule has 17 atom stereocenters. The number of primary amides is 1. The predicted molar refractivity (Wildman–Crippen MR) is 249 cm³/mol. The molecule has 0 saturated carbocycles. The fourth-order valence-corrected chi connectivity index (χ4v) is 8.54. The number of ether oxygens (including phenoxy) is 4. The number of rotatable bonds is 4. The molecule has 2 bridgehead atoms. The van der Waals surface area contributed by atoms with E-state index in [9.17, 15) is 65.4 Å². The fourth-order valence-electron chi connectivity index (χ4n) is 8.54. The molecule has 0 aliphatic carbocycles. The Bertz CT molecular complexity index is 1840. The Labute approximate surface area is 403 Å². The molecule has 3 fully saturated rings. The van der Waals surface area contributed by atoms with Crippen LogP contribution in [0.3, 0.4) is 0 Å². The van der Waals surface area contributed by atoms with Crippen LogP contribution in [0.25, 0.3) is 0 Å². The molecule has 0 radical (unpaired) electrons. The van der Waals surface area contributed by atoms with Gasteiger partial charge in [0.05, 0.1) is 91.9 Å². The van der Waals surface area contributed by atoms with Crippen LogP contribution in [-0.4, -0.2) is 185 Å². The van der Waals surface area contributed by atoms with Crippen molar-refractivity contribution in [3.8, 4) is 0 Å². The standard InChI is InChI=1S/C49H75N3O17/c1-29-15-13-11-9-7-5-3-4-6-8-10-12-14-16-35(68-48-45(62)44(50)40(60)28-66-48)23-41-43(47(64)52-26-31(27-52)46(51)63)39(59)25-49(65,69-41)24-34(55)21-38(58)36(56)18-17-32(53)20-33(54)22-42(61)67-30(2)19-37(29)57/h3-16,29-41,43-45,48,53-60,62,65H,17-28,50H2,1-2H3,(H2,51,63)/b4-3+,7-5+,8-6+,11-9+,12-10+,15-13+,16-14+/t29-,30-,32?,33?,34?,35?,36?,37-,38+,39-,40+,41-,43+,44-,45-,48-,49?/m0/s1. The van der Waals surface area contributed by atoms with Crippen LogP contribution in [0.2, 0.25) is 0 Å². The highest BCUT2D eigenvalue weighted by molar-refractivity contribution is 5.85. The maximum absolute atomic E-state index is 14.0. The summed E-state index contributed by atoms with van der Waals surface area (Å²) in [6, 6.07) is -1.13. The number of aliphatic hydroxyl groups is 10. The number of likely N-dealkylation sites (tertiary alicyclic amines) is 1. The van der Waals surface area contributed by atoms with Gasteiger partial charge in [-0.15, -0.1) is 0 Å². The molecule has 0 aromatic carbocycles. The SMILES string of the molecule is C[C@H]1C[C@H](O)[C@@H](C)/C=C/C=C/C=C/C=C/C=C/C=C/C=C/C(O[C@@H]2OC[C@@H](O)[C@H](N)[C@@H]2O)C[C@@H]2OC(O)(CC(O)C[C@@H](O)C(O)CCC(O)CC(O)CC(=O)O1)C[C@H](O)[C@H]2C(=O)N1CC(C(N)=O)C1. The minimum atomic E-state index is -2.31. The summed E-state index contributed by atoms with van der Waals surface area (Å²) in [6.07, 6.45) is 5.11. The Morgan fingerprint density at radius 1 is 0.696 bits per heavy atom. The predicted octanol–water partition coefficient (Wildman–Crippen LogP) is -1.06. The molecule has 20 heteroatoms. The van der Waals surface area contributed by atoms with Crippen LogP contribution in [0.4, 0.5) is 0 Å². The summed E-state index contributed by atoms with van der Waals surface area (Å²) < 4.78 is 23.3. The summed E-state index contributed by atoms with van der Waals surface area (Å²) in [6.45, 7) is 3.16. The lowest BCUT2D eigenvalue weighted by atomic mass is 9.81. The number of carbonyl (C=O) groups excluding carboxylic acids is 3. The Balaban J connectivity index is 1.58. The molecule has 20 nitrogen and oxygen atoms in total. The number of hydrogen-bond donors (Lipinski definition) is 12. The van der Waals surface area contributed by atoms with E-state index in [0.29, 0.717) is 0 Å². The molecule has 4 heterocycles. The molecule has 3 saturated heterocycles. The first kappa shape index (κ1) is 57.6. The summed E-state index contributed by atoms with van der Waals surface area (Å²) in [5.74, 6) is -6.45. The first-order valence-corrected chi connectivity index (χ1v) is 23.7. The van der Waals surface area contributed by atoms with Gasteiger partial charge in [0.25, 0.3) is 0 Å². The van der Waals surface area contributed by atoms with Crippen molar-refractivity contribution in [2.75, 3.05) is 19.7 Å². The summed E-state index contributed by atoms with van der Waals surface area (Å²) in [5.41, 5.74) is 11.4. The molecule has 4 aliphatic heterocycles.